The lowest BCUT2D eigenvalue weighted by molar-refractivity contribution is 0.275. The number of rotatable bonds is 9. The molecule has 0 rings (SSSR count). The van der Waals surface area contributed by atoms with Crippen molar-refractivity contribution in [2.75, 3.05) is 12.4 Å². The van der Waals surface area contributed by atoms with Crippen LogP contribution in [0.4, 0.5) is 0 Å². The maximum atomic E-state index is 9.27. The van der Waals surface area contributed by atoms with Gasteiger partial charge < -0.3 is 10.8 Å². The highest BCUT2D eigenvalue weighted by Crippen LogP contribution is 2.19. The summed E-state index contributed by atoms with van der Waals surface area (Å²) in [5, 5.41) is 9.49. The smallest absolute Gasteiger partial charge is 0.0565 e. The van der Waals surface area contributed by atoms with Crippen molar-refractivity contribution < 1.29 is 5.11 Å². The van der Waals surface area contributed by atoms with E-state index < -0.39 is 0 Å². The molecule has 2 nitrogen and oxygen atoms in total. The van der Waals surface area contributed by atoms with Crippen LogP contribution in [0.15, 0.2) is 0 Å². The lowest BCUT2D eigenvalue weighted by Gasteiger charge is -2.23. The maximum Gasteiger partial charge on any atom is 0.0565 e. The van der Waals surface area contributed by atoms with Crippen LogP contribution in [0.3, 0.4) is 0 Å². The molecule has 2 unspecified atom stereocenters. The van der Waals surface area contributed by atoms with Crippen molar-refractivity contribution in [2.45, 2.75) is 57.7 Å². The van der Waals surface area contributed by atoms with Crippen molar-refractivity contribution in [3.05, 3.63) is 0 Å². The Morgan fingerprint density at radius 1 is 1.27 bits per heavy atom. The standard InChI is InChI=1S/C12H27NOS/c1-4-5-6-7-15-12(9-14)11(13)8-10(2)3/h10-12,14H,4-9,13H2,1-3H3. The summed E-state index contributed by atoms with van der Waals surface area (Å²) in [6.45, 7) is 6.77. The third-order valence-corrected chi connectivity index (χ3v) is 3.93. The molecule has 0 aliphatic carbocycles. The third kappa shape index (κ3) is 8.12. The topological polar surface area (TPSA) is 46.2 Å². The van der Waals surface area contributed by atoms with E-state index in [2.05, 4.69) is 20.8 Å². The Morgan fingerprint density at radius 3 is 2.40 bits per heavy atom. The molecular weight excluding hydrogens is 206 g/mol. The summed E-state index contributed by atoms with van der Waals surface area (Å²) in [4.78, 5) is 0. The molecule has 2 atom stereocenters. The average Bonchev–Trinajstić information content (AvgIpc) is 2.16. The van der Waals surface area contributed by atoms with E-state index in [1.807, 2.05) is 11.8 Å². The van der Waals surface area contributed by atoms with Gasteiger partial charge in [-0.3, -0.25) is 0 Å². The first-order valence-electron chi connectivity index (χ1n) is 6.09. The molecule has 0 heterocycles. The summed E-state index contributed by atoms with van der Waals surface area (Å²) in [7, 11) is 0. The van der Waals surface area contributed by atoms with Crippen molar-refractivity contribution in [1.82, 2.24) is 0 Å². The van der Waals surface area contributed by atoms with Crippen LogP contribution in [0, 0.1) is 5.92 Å². The summed E-state index contributed by atoms with van der Waals surface area (Å²) in [5.74, 6) is 1.75. The maximum absolute atomic E-state index is 9.27. The van der Waals surface area contributed by atoms with Crippen LogP contribution in [0.2, 0.25) is 0 Å². The highest BCUT2D eigenvalue weighted by Gasteiger charge is 2.17. The fourth-order valence-corrected chi connectivity index (χ4v) is 2.73. The largest absolute Gasteiger partial charge is 0.395 e. The lowest BCUT2D eigenvalue weighted by atomic mass is 10.0. The second-order valence-electron chi connectivity index (χ2n) is 4.59. The predicted octanol–water partition coefficient (Wildman–Crippen LogP) is 2.64. The second kappa shape index (κ2) is 9.49. The summed E-state index contributed by atoms with van der Waals surface area (Å²) >= 11 is 1.84. The zero-order valence-corrected chi connectivity index (χ0v) is 11.2. The summed E-state index contributed by atoms with van der Waals surface area (Å²) < 4.78 is 0. The zero-order chi connectivity index (χ0) is 11.7. The molecule has 92 valence electrons. The Balaban J connectivity index is 3.70. The number of nitrogens with two attached hydrogens (primary N) is 1. The fraction of sp³-hybridized carbons (Fsp3) is 1.00. The molecule has 0 aromatic heterocycles. The van der Waals surface area contributed by atoms with Crippen molar-refractivity contribution in [3.63, 3.8) is 0 Å². The summed E-state index contributed by atoms with van der Waals surface area (Å²) in [6.07, 6.45) is 4.78. The van der Waals surface area contributed by atoms with E-state index >= 15 is 0 Å². The van der Waals surface area contributed by atoms with Gasteiger partial charge in [-0.25, -0.2) is 0 Å². The van der Waals surface area contributed by atoms with E-state index in [0.29, 0.717) is 5.92 Å². The Kier molecular flexibility index (Phi) is 9.66. The first-order valence-corrected chi connectivity index (χ1v) is 7.14. The SMILES string of the molecule is CCCCCSC(CO)C(N)CC(C)C. The van der Waals surface area contributed by atoms with Crippen LogP contribution in [0.5, 0.6) is 0 Å². The van der Waals surface area contributed by atoms with Gasteiger partial charge in [0.1, 0.15) is 0 Å². The van der Waals surface area contributed by atoms with Gasteiger partial charge in [0, 0.05) is 11.3 Å². The quantitative estimate of drug-likeness (QED) is 0.602. The van der Waals surface area contributed by atoms with Gasteiger partial charge >= 0.3 is 0 Å². The molecule has 0 saturated carbocycles. The van der Waals surface area contributed by atoms with Crippen LogP contribution in [0.25, 0.3) is 0 Å². The molecule has 0 aromatic rings. The summed E-state index contributed by atoms with van der Waals surface area (Å²) in [6, 6.07) is 0.140. The second-order valence-corrected chi connectivity index (χ2v) is 5.94. The van der Waals surface area contributed by atoms with Crippen LogP contribution in [0.1, 0.15) is 46.5 Å². The van der Waals surface area contributed by atoms with Crippen molar-refractivity contribution in [2.24, 2.45) is 11.7 Å². The van der Waals surface area contributed by atoms with Crippen LogP contribution in [-0.2, 0) is 0 Å². The van der Waals surface area contributed by atoms with Crippen molar-refractivity contribution >= 4 is 11.8 Å². The van der Waals surface area contributed by atoms with Gasteiger partial charge in [0.25, 0.3) is 0 Å². The molecule has 0 amide bonds. The molecule has 0 radical (unpaired) electrons. The highest BCUT2D eigenvalue weighted by atomic mass is 32.2. The zero-order valence-electron chi connectivity index (χ0n) is 10.4. The van der Waals surface area contributed by atoms with Crippen molar-refractivity contribution in [1.29, 1.82) is 0 Å². The molecule has 0 saturated heterocycles. The minimum absolute atomic E-state index is 0.140. The fourth-order valence-electron chi connectivity index (χ4n) is 1.59. The van der Waals surface area contributed by atoms with E-state index in [9.17, 15) is 5.11 Å². The molecule has 0 aliphatic rings. The van der Waals surface area contributed by atoms with Crippen LogP contribution < -0.4 is 5.73 Å². The van der Waals surface area contributed by atoms with Crippen LogP contribution in [-0.4, -0.2) is 28.8 Å². The number of aliphatic hydroxyl groups excluding tert-OH is 1. The Morgan fingerprint density at radius 2 is 1.93 bits per heavy atom. The molecule has 0 fully saturated rings. The van der Waals surface area contributed by atoms with Gasteiger partial charge in [-0.1, -0.05) is 33.6 Å². The number of hydrogen-bond donors (Lipinski definition) is 2. The molecule has 0 aromatic carbocycles. The van der Waals surface area contributed by atoms with Gasteiger partial charge in [-0.05, 0) is 24.5 Å². The average molecular weight is 233 g/mol. The molecule has 0 spiro atoms. The molecule has 3 heteroatoms. The lowest BCUT2D eigenvalue weighted by Crippen LogP contribution is -2.36. The van der Waals surface area contributed by atoms with E-state index in [0.717, 1.165) is 12.2 Å². The first kappa shape index (κ1) is 15.3. The van der Waals surface area contributed by atoms with E-state index in [-0.39, 0.29) is 17.9 Å². The molecular formula is C12H27NOS. The van der Waals surface area contributed by atoms with Crippen molar-refractivity contribution in [3.8, 4) is 0 Å². The monoisotopic (exact) mass is 233 g/mol. The van der Waals surface area contributed by atoms with E-state index in [1.165, 1.54) is 19.3 Å². The van der Waals surface area contributed by atoms with Gasteiger partial charge in [-0.2, -0.15) is 11.8 Å². The van der Waals surface area contributed by atoms with Gasteiger partial charge in [-0.15, -0.1) is 0 Å². The van der Waals surface area contributed by atoms with Crippen LogP contribution >= 0.6 is 11.8 Å². The number of hydrogen-bond acceptors (Lipinski definition) is 3. The minimum atomic E-state index is 0.140. The van der Waals surface area contributed by atoms with E-state index in [4.69, 9.17) is 5.73 Å². The highest BCUT2D eigenvalue weighted by molar-refractivity contribution is 7.99. The van der Waals surface area contributed by atoms with E-state index in [1.54, 1.807) is 0 Å². The predicted molar refractivity (Wildman–Crippen MR) is 70.3 cm³/mol. The van der Waals surface area contributed by atoms with Gasteiger partial charge in [0.15, 0.2) is 0 Å². The third-order valence-electron chi connectivity index (χ3n) is 2.48. The van der Waals surface area contributed by atoms with Gasteiger partial charge in [0.05, 0.1) is 6.61 Å². The normalized spacial score (nSPS) is 15.6. The van der Waals surface area contributed by atoms with Gasteiger partial charge in [0.2, 0.25) is 0 Å². The minimum Gasteiger partial charge on any atom is -0.395 e. The molecule has 3 N–H and O–H groups in total. The molecule has 0 bridgehead atoms. The summed E-state index contributed by atoms with van der Waals surface area (Å²) in [5.41, 5.74) is 6.06. The first-order chi connectivity index (χ1) is 7.11. The number of unbranched alkanes of at least 4 members (excludes halogenated alkanes) is 2. The Labute approximate surface area is 99.0 Å². The molecule has 0 aliphatic heterocycles. The number of aliphatic hydroxyl groups is 1. The number of thioether (sulfide) groups is 1. The molecule has 15 heavy (non-hydrogen) atoms. The Bertz CT molecular complexity index is 142. The Hall–Kier alpha value is 0.270.